The number of benzene rings is 1. The van der Waals surface area contributed by atoms with E-state index in [4.69, 9.17) is 26.8 Å². The second-order valence-electron chi connectivity index (χ2n) is 6.66. The third-order valence-electron chi connectivity index (χ3n) is 4.73. The van der Waals surface area contributed by atoms with E-state index in [0.29, 0.717) is 40.9 Å². The van der Waals surface area contributed by atoms with Crippen LogP contribution in [0.25, 0.3) is 0 Å². The zero-order valence-corrected chi connectivity index (χ0v) is 15.4. The molecule has 3 N–H and O–H groups in total. The summed E-state index contributed by atoms with van der Waals surface area (Å²) in [4.78, 5) is 10.9. The largest absolute Gasteiger partial charge is 0.493 e. The van der Waals surface area contributed by atoms with Crippen LogP contribution in [0.2, 0.25) is 5.02 Å². The standard InChI is InChI=1S/C18H27ClN2O3/c1-11-5-4-6-12(2)17(11)21-9-13-7-14(19)18(15(8-13)23-3)24-10-16(20)22/h7-8,11-12,17,21H,4-6,9-10H2,1-3H3,(H2,20,22). The maximum absolute atomic E-state index is 10.9. The average molecular weight is 355 g/mol. The lowest BCUT2D eigenvalue weighted by atomic mass is 9.78. The highest BCUT2D eigenvalue weighted by Crippen LogP contribution is 2.36. The van der Waals surface area contributed by atoms with Crippen LogP contribution in [0.1, 0.15) is 38.7 Å². The zero-order chi connectivity index (χ0) is 17.7. The van der Waals surface area contributed by atoms with Crippen LogP contribution in [-0.2, 0) is 11.3 Å². The molecule has 0 saturated heterocycles. The Hall–Kier alpha value is -1.46. The number of halogens is 1. The van der Waals surface area contributed by atoms with E-state index in [0.717, 1.165) is 5.56 Å². The molecular weight excluding hydrogens is 328 g/mol. The minimum absolute atomic E-state index is 0.231. The third-order valence-corrected chi connectivity index (χ3v) is 5.02. The molecule has 1 saturated carbocycles. The lowest BCUT2D eigenvalue weighted by molar-refractivity contribution is -0.119. The maximum atomic E-state index is 10.9. The number of primary amides is 1. The molecule has 0 heterocycles. The van der Waals surface area contributed by atoms with Gasteiger partial charge in [0.2, 0.25) is 0 Å². The van der Waals surface area contributed by atoms with Crippen molar-refractivity contribution >= 4 is 17.5 Å². The van der Waals surface area contributed by atoms with Crippen molar-refractivity contribution in [2.45, 2.75) is 45.7 Å². The first-order valence-electron chi connectivity index (χ1n) is 8.43. The molecule has 1 fully saturated rings. The van der Waals surface area contributed by atoms with E-state index < -0.39 is 5.91 Å². The Bertz CT molecular complexity index is 570. The second kappa shape index (κ2) is 8.58. The van der Waals surface area contributed by atoms with Crippen LogP contribution < -0.4 is 20.5 Å². The summed E-state index contributed by atoms with van der Waals surface area (Å²) in [6.07, 6.45) is 3.85. The van der Waals surface area contributed by atoms with Crippen LogP contribution in [-0.4, -0.2) is 25.7 Å². The number of ether oxygens (including phenoxy) is 2. The van der Waals surface area contributed by atoms with Crippen molar-refractivity contribution in [3.05, 3.63) is 22.7 Å². The highest BCUT2D eigenvalue weighted by Gasteiger charge is 2.27. The first-order valence-corrected chi connectivity index (χ1v) is 8.81. The van der Waals surface area contributed by atoms with Gasteiger partial charge in [-0.1, -0.05) is 31.9 Å². The predicted octanol–water partition coefficient (Wildman–Crippen LogP) is 3.13. The minimum atomic E-state index is -0.556. The van der Waals surface area contributed by atoms with Crippen molar-refractivity contribution in [3.8, 4) is 11.5 Å². The summed E-state index contributed by atoms with van der Waals surface area (Å²) >= 11 is 6.29. The van der Waals surface area contributed by atoms with Gasteiger partial charge >= 0.3 is 0 Å². The van der Waals surface area contributed by atoms with Crippen LogP contribution in [0.3, 0.4) is 0 Å². The molecule has 1 aromatic rings. The normalized spacial score (nSPS) is 23.8. The molecule has 1 aliphatic rings. The summed E-state index contributed by atoms with van der Waals surface area (Å²) in [6, 6.07) is 4.23. The van der Waals surface area contributed by atoms with Gasteiger partial charge in [-0.2, -0.15) is 0 Å². The zero-order valence-electron chi connectivity index (χ0n) is 14.6. The fraction of sp³-hybridized carbons (Fsp3) is 0.611. The molecule has 0 aromatic heterocycles. The molecule has 0 aliphatic heterocycles. The van der Waals surface area contributed by atoms with Crippen molar-refractivity contribution in [1.82, 2.24) is 5.32 Å². The monoisotopic (exact) mass is 354 g/mol. The quantitative estimate of drug-likeness (QED) is 0.789. The molecule has 5 nitrogen and oxygen atoms in total. The van der Waals surface area contributed by atoms with Gasteiger partial charge in [-0.15, -0.1) is 0 Å². The number of amides is 1. The summed E-state index contributed by atoms with van der Waals surface area (Å²) in [5.41, 5.74) is 6.13. The van der Waals surface area contributed by atoms with Crippen molar-refractivity contribution < 1.29 is 14.3 Å². The van der Waals surface area contributed by atoms with Crippen molar-refractivity contribution in [3.63, 3.8) is 0 Å². The van der Waals surface area contributed by atoms with Gasteiger partial charge in [0.25, 0.3) is 5.91 Å². The van der Waals surface area contributed by atoms with Crippen LogP contribution >= 0.6 is 11.6 Å². The first kappa shape index (κ1) is 18.9. The Morgan fingerprint density at radius 2 is 2.00 bits per heavy atom. The summed E-state index contributed by atoms with van der Waals surface area (Å²) in [6.45, 7) is 5.10. The molecule has 134 valence electrons. The predicted molar refractivity (Wildman–Crippen MR) is 95.5 cm³/mol. The minimum Gasteiger partial charge on any atom is -0.493 e. The molecule has 2 atom stereocenters. The van der Waals surface area contributed by atoms with E-state index in [1.165, 1.54) is 19.3 Å². The molecule has 0 bridgehead atoms. The fourth-order valence-corrected chi connectivity index (χ4v) is 3.77. The van der Waals surface area contributed by atoms with E-state index in [1.807, 2.05) is 12.1 Å². The van der Waals surface area contributed by atoms with Crippen molar-refractivity contribution in [2.75, 3.05) is 13.7 Å². The lowest BCUT2D eigenvalue weighted by Crippen LogP contribution is -2.42. The topological polar surface area (TPSA) is 73.6 Å². The fourth-order valence-electron chi connectivity index (χ4n) is 3.48. The molecule has 2 unspecified atom stereocenters. The Morgan fingerprint density at radius 1 is 1.33 bits per heavy atom. The molecule has 24 heavy (non-hydrogen) atoms. The van der Waals surface area contributed by atoms with Gasteiger partial charge in [0.1, 0.15) is 0 Å². The molecule has 1 aromatic carbocycles. The van der Waals surface area contributed by atoms with Gasteiger partial charge < -0.3 is 20.5 Å². The Kier molecular flexibility index (Phi) is 6.75. The summed E-state index contributed by atoms with van der Waals surface area (Å²) in [5, 5.41) is 4.07. The van der Waals surface area contributed by atoms with E-state index in [2.05, 4.69) is 19.2 Å². The van der Waals surface area contributed by atoms with Crippen LogP contribution in [0.5, 0.6) is 11.5 Å². The van der Waals surface area contributed by atoms with Gasteiger partial charge in [-0.05, 0) is 42.4 Å². The van der Waals surface area contributed by atoms with Crippen LogP contribution in [0.15, 0.2) is 12.1 Å². The third kappa shape index (κ3) is 4.77. The SMILES string of the molecule is COc1cc(CNC2C(C)CCCC2C)cc(Cl)c1OCC(N)=O. The summed E-state index contributed by atoms with van der Waals surface area (Å²) < 4.78 is 10.7. The van der Waals surface area contributed by atoms with E-state index in [-0.39, 0.29) is 6.61 Å². The molecule has 0 radical (unpaired) electrons. The van der Waals surface area contributed by atoms with Gasteiger partial charge in [-0.3, -0.25) is 4.79 Å². The molecule has 2 rings (SSSR count). The number of nitrogens with two attached hydrogens (primary N) is 1. The lowest BCUT2D eigenvalue weighted by Gasteiger charge is -2.35. The van der Waals surface area contributed by atoms with Gasteiger partial charge in [0.05, 0.1) is 12.1 Å². The maximum Gasteiger partial charge on any atom is 0.255 e. The van der Waals surface area contributed by atoms with Crippen molar-refractivity contribution in [2.24, 2.45) is 17.6 Å². The molecule has 1 amide bonds. The van der Waals surface area contributed by atoms with Crippen molar-refractivity contribution in [1.29, 1.82) is 0 Å². The summed E-state index contributed by atoms with van der Waals surface area (Å²) in [7, 11) is 1.55. The number of carbonyl (C=O) groups is 1. The van der Waals surface area contributed by atoms with Crippen LogP contribution in [0.4, 0.5) is 0 Å². The molecular formula is C18H27ClN2O3. The number of hydrogen-bond acceptors (Lipinski definition) is 4. The smallest absolute Gasteiger partial charge is 0.255 e. The number of nitrogens with one attached hydrogen (secondary N) is 1. The summed E-state index contributed by atoms with van der Waals surface area (Å²) in [5.74, 6) is 1.64. The highest BCUT2D eigenvalue weighted by molar-refractivity contribution is 6.32. The Labute approximate surface area is 148 Å². The highest BCUT2D eigenvalue weighted by atomic mass is 35.5. The first-order chi connectivity index (χ1) is 11.4. The number of carbonyl (C=O) groups excluding carboxylic acids is 1. The number of rotatable bonds is 7. The van der Waals surface area contributed by atoms with Gasteiger partial charge in [0.15, 0.2) is 18.1 Å². The Morgan fingerprint density at radius 3 is 2.58 bits per heavy atom. The average Bonchev–Trinajstić information content (AvgIpc) is 2.52. The molecule has 6 heteroatoms. The Balaban J connectivity index is 2.08. The molecule has 1 aliphatic carbocycles. The number of methoxy groups -OCH3 is 1. The molecule has 0 spiro atoms. The van der Waals surface area contributed by atoms with Crippen LogP contribution in [0, 0.1) is 11.8 Å². The van der Waals surface area contributed by atoms with Gasteiger partial charge in [0, 0.05) is 12.6 Å². The second-order valence-corrected chi connectivity index (χ2v) is 7.06. The van der Waals surface area contributed by atoms with E-state index in [9.17, 15) is 4.79 Å². The van der Waals surface area contributed by atoms with Gasteiger partial charge in [-0.25, -0.2) is 0 Å². The van der Waals surface area contributed by atoms with E-state index >= 15 is 0 Å². The van der Waals surface area contributed by atoms with E-state index in [1.54, 1.807) is 7.11 Å². The number of hydrogen-bond donors (Lipinski definition) is 2.